The van der Waals surface area contributed by atoms with Crippen molar-refractivity contribution in [3.8, 4) is 0 Å². The summed E-state index contributed by atoms with van der Waals surface area (Å²) in [6.07, 6.45) is 43.9. The number of aliphatic hydroxyl groups excluding tert-OH is 4. The minimum Gasteiger partial charge on any atom is -0.457 e. The van der Waals surface area contributed by atoms with E-state index in [1.807, 2.05) is 0 Å². The van der Waals surface area contributed by atoms with E-state index in [9.17, 15) is 25.2 Å². The number of esters is 1. The monoisotopic (exact) mass is 869 g/mol. The van der Waals surface area contributed by atoms with Crippen molar-refractivity contribution in [3.05, 3.63) is 12.2 Å². The fourth-order valence-electron chi connectivity index (χ4n) is 8.31. The molecule has 0 radical (unpaired) electrons. The molecule has 0 aliphatic carbocycles. The second-order valence-electron chi connectivity index (χ2n) is 18.3. The molecule has 9 nitrogen and oxygen atoms in total. The van der Waals surface area contributed by atoms with E-state index in [2.05, 4.69) is 26.0 Å². The van der Waals surface area contributed by atoms with Crippen molar-refractivity contribution >= 4 is 5.97 Å². The summed E-state index contributed by atoms with van der Waals surface area (Å²) in [7, 11) is 0. The highest BCUT2D eigenvalue weighted by Crippen LogP contribution is 2.23. The summed E-state index contributed by atoms with van der Waals surface area (Å²) < 4.78 is 22.9. The molecule has 362 valence electrons. The molecule has 1 fully saturated rings. The highest BCUT2D eigenvalue weighted by Gasteiger charge is 2.44. The SMILES string of the molecule is CCCCCCCCCC/C=C\CCCCCCCCCCCCCC(=O)OC(COCCCCCCCCCCCCCCCCC)COC1OC(CO)C(O)C(O)C1O. The van der Waals surface area contributed by atoms with E-state index in [1.54, 1.807) is 0 Å². The first-order chi connectivity index (χ1) is 29.9. The molecular weight excluding hydrogens is 769 g/mol. The number of allylic oxidation sites excluding steroid dienone is 2. The lowest BCUT2D eigenvalue weighted by atomic mass is 9.99. The normalized spacial score (nSPS) is 19.9. The van der Waals surface area contributed by atoms with Gasteiger partial charge in [0.05, 0.1) is 19.8 Å². The van der Waals surface area contributed by atoms with Gasteiger partial charge in [0.25, 0.3) is 0 Å². The lowest BCUT2D eigenvalue weighted by Gasteiger charge is -2.39. The topological polar surface area (TPSA) is 135 Å². The van der Waals surface area contributed by atoms with Crippen LogP contribution in [0.15, 0.2) is 12.2 Å². The summed E-state index contributed by atoms with van der Waals surface area (Å²) in [6.45, 7) is 4.61. The number of aliphatic hydroxyl groups is 4. The van der Waals surface area contributed by atoms with Crippen molar-refractivity contribution in [2.75, 3.05) is 26.4 Å². The van der Waals surface area contributed by atoms with Crippen molar-refractivity contribution in [1.82, 2.24) is 0 Å². The van der Waals surface area contributed by atoms with Crippen molar-refractivity contribution in [3.63, 3.8) is 0 Å². The minimum atomic E-state index is -1.53. The third-order valence-corrected chi connectivity index (χ3v) is 12.4. The van der Waals surface area contributed by atoms with Gasteiger partial charge in [0.1, 0.15) is 30.5 Å². The van der Waals surface area contributed by atoms with Gasteiger partial charge in [0.2, 0.25) is 0 Å². The van der Waals surface area contributed by atoms with Gasteiger partial charge in [-0.25, -0.2) is 0 Å². The van der Waals surface area contributed by atoms with Crippen molar-refractivity contribution in [2.45, 2.75) is 288 Å². The Kier molecular flexibility index (Phi) is 41.9. The number of hydrogen-bond acceptors (Lipinski definition) is 9. The van der Waals surface area contributed by atoms with Crippen molar-refractivity contribution < 1.29 is 44.2 Å². The second kappa shape index (κ2) is 44.1. The zero-order valence-corrected chi connectivity index (χ0v) is 39.9. The van der Waals surface area contributed by atoms with E-state index in [4.69, 9.17) is 18.9 Å². The second-order valence-corrected chi connectivity index (χ2v) is 18.3. The third-order valence-electron chi connectivity index (χ3n) is 12.4. The van der Waals surface area contributed by atoms with Crippen LogP contribution in [0.25, 0.3) is 0 Å². The van der Waals surface area contributed by atoms with Crippen LogP contribution in [0.3, 0.4) is 0 Å². The molecule has 9 heteroatoms. The van der Waals surface area contributed by atoms with Gasteiger partial charge in [0.15, 0.2) is 6.29 Å². The molecule has 0 spiro atoms. The maximum Gasteiger partial charge on any atom is 0.306 e. The Morgan fingerprint density at radius 3 is 1.33 bits per heavy atom. The molecule has 0 aromatic rings. The Bertz CT molecular complexity index is 946. The molecule has 0 aromatic carbocycles. The van der Waals surface area contributed by atoms with Gasteiger partial charge in [-0.2, -0.15) is 0 Å². The molecule has 1 rings (SSSR count). The molecule has 4 N–H and O–H groups in total. The van der Waals surface area contributed by atoms with Crippen molar-refractivity contribution in [1.29, 1.82) is 0 Å². The Hall–Kier alpha value is -1.07. The van der Waals surface area contributed by atoms with Crippen molar-refractivity contribution in [2.24, 2.45) is 0 Å². The Labute approximate surface area is 375 Å². The van der Waals surface area contributed by atoms with Crippen LogP contribution in [0.4, 0.5) is 0 Å². The van der Waals surface area contributed by atoms with Gasteiger partial charge in [-0.05, 0) is 38.5 Å². The van der Waals surface area contributed by atoms with Crippen LogP contribution < -0.4 is 0 Å². The average Bonchev–Trinajstić information content (AvgIpc) is 3.26. The molecular formula is C52H100O9. The van der Waals surface area contributed by atoms with Crippen LogP contribution in [0.1, 0.15) is 251 Å². The van der Waals surface area contributed by atoms with Gasteiger partial charge in [-0.15, -0.1) is 0 Å². The number of rotatable bonds is 46. The molecule has 0 bridgehead atoms. The molecule has 6 atom stereocenters. The molecule has 1 aliphatic heterocycles. The third kappa shape index (κ3) is 34.9. The maximum atomic E-state index is 12.8. The van der Waals surface area contributed by atoms with Gasteiger partial charge >= 0.3 is 5.97 Å². The summed E-state index contributed by atoms with van der Waals surface area (Å²) in [5.41, 5.74) is 0. The van der Waals surface area contributed by atoms with E-state index < -0.39 is 43.4 Å². The summed E-state index contributed by atoms with van der Waals surface area (Å²) >= 11 is 0. The van der Waals surface area contributed by atoms with Gasteiger partial charge in [-0.3, -0.25) is 4.79 Å². The van der Waals surface area contributed by atoms with E-state index in [1.165, 1.54) is 199 Å². The molecule has 1 saturated heterocycles. The van der Waals surface area contributed by atoms with Crippen LogP contribution in [0.2, 0.25) is 0 Å². The molecule has 0 amide bonds. The molecule has 0 aromatic heterocycles. The first-order valence-electron chi connectivity index (χ1n) is 26.3. The van der Waals surface area contributed by atoms with E-state index in [0.29, 0.717) is 13.0 Å². The number of ether oxygens (including phenoxy) is 4. The van der Waals surface area contributed by atoms with Gasteiger partial charge in [0, 0.05) is 13.0 Å². The molecule has 1 aliphatic rings. The predicted molar refractivity (Wildman–Crippen MR) is 252 cm³/mol. The minimum absolute atomic E-state index is 0.107. The summed E-state index contributed by atoms with van der Waals surface area (Å²) in [5, 5.41) is 40.2. The highest BCUT2D eigenvalue weighted by molar-refractivity contribution is 5.69. The Balaban J connectivity index is 2.17. The maximum absolute atomic E-state index is 12.8. The Morgan fingerprint density at radius 2 is 0.902 bits per heavy atom. The standard InChI is InChI=1S/C52H100O9/c1-3-5-7-9-11-13-15-17-19-20-21-22-23-24-25-26-27-29-31-33-35-37-39-41-48(54)60-46(45-59-52-51(57)50(56)49(55)47(43-53)61-52)44-58-42-40-38-36-34-32-30-28-18-16-14-12-10-8-6-4-2/h20-21,46-47,49-53,55-57H,3-19,22-45H2,1-2H3/b21-20-. The average molecular weight is 869 g/mol. The Morgan fingerprint density at radius 1 is 0.508 bits per heavy atom. The first kappa shape index (κ1) is 57.9. The fourth-order valence-corrected chi connectivity index (χ4v) is 8.31. The summed E-state index contributed by atoms with van der Waals surface area (Å²) in [4.78, 5) is 12.8. The number of unbranched alkanes of at least 4 members (excludes halogenated alkanes) is 33. The van der Waals surface area contributed by atoms with Crippen LogP contribution in [0.5, 0.6) is 0 Å². The van der Waals surface area contributed by atoms with Gasteiger partial charge in [-0.1, -0.05) is 219 Å². The van der Waals surface area contributed by atoms with E-state index in [0.717, 1.165) is 32.1 Å². The lowest BCUT2D eigenvalue weighted by molar-refractivity contribution is -0.305. The summed E-state index contributed by atoms with van der Waals surface area (Å²) in [5.74, 6) is -0.308. The molecule has 61 heavy (non-hydrogen) atoms. The first-order valence-corrected chi connectivity index (χ1v) is 26.3. The highest BCUT2D eigenvalue weighted by atomic mass is 16.7. The van der Waals surface area contributed by atoms with E-state index >= 15 is 0 Å². The predicted octanol–water partition coefficient (Wildman–Crippen LogP) is 12.8. The zero-order chi connectivity index (χ0) is 44.3. The number of carbonyl (C=O) groups excluding carboxylic acids is 1. The number of hydrogen-bond donors (Lipinski definition) is 4. The quantitative estimate of drug-likeness (QED) is 0.0268. The van der Waals surface area contributed by atoms with Gasteiger partial charge < -0.3 is 39.4 Å². The zero-order valence-electron chi connectivity index (χ0n) is 39.9. The van der Waals surface area contributed by atoms with Crippen LogP contribution in [0, 0.1) is 0 Å². The molecule has 6 unspecified atom stereocenters. The number of carbonyl (C=O) groups is 1. The van der Waals surface area contributed by atoms with Crippen LogP contribution >= 0.6 is 0 Å². The molecule has 1 heterocycles. The largest absolute Gasteiger partial charge is 0.457 e. The molecule has 0 saturated carbocycles. The van der Waals surface area contributed by atoms with E-state index in [-0.39, 0.29) is 19.2 Å². The lowest BCUT2D eigenvalue weighted by Crippen LogP contribution is -2.59. The fraction of sp³-hybridized carbons (Fsp3) is 0.942. The van der Waals surface area contributed by atoms with Crippen LogP contribution in [-0.4, -0.2) is 89.6 Å². The van der Waals surface area contributed by atoms with Crippen LogP contribution in [-0.2, 0) is 23.7 Å². The smallest absolute Gasteiger partial charge is 0.306 e. The summed E-state index contributed by atoms with van der Waals surface area (Å²) in [6, 6.07) is 0.